The number of nitrogens with two attached hydrogens (primary N) is 2. The molecule has 78 valence electrons. The molecular formula is C9H10N4OS. The van der Waals surface area contributed by atoms with E-state index >= 15 is 0 Å². The van der Waals surface area contributed by atoms with Gasteiger partial charge in [-0.1, -0.05) is 23.5 Å². The Balaban J connectivity index is 2.02. The molecule has 4 N–H and O–H groups in total. The lowest BCUT2D eigenvalue weighted by atomic mass is 10.3. The third kappa shape index (κ3) is 2.35. The lowest BCUT2D eigenvalue weighted by Crippen LogP contribution is -1.98. The van der Waals surface area contributed by atoms with Gasteiger partial charge in [-0.15, -0.1) is 10.2 Å². The molecule has 0 unspecified atom stereocenters. The number of nitrogens with zero attached hydrogens (tertiary/aromatic N) is 2. The average molecular weight is 222 g/mol. The predicted octanol–water partition coefficient (Wildman–Crippen LogP) is 1.28. The van der Waals surface area contributed by atoms with Crippen LogP contribution in [0.2, 0.25) is 0 Å². The summed E-state index contributed by atoms with van der Waals surface area (Å²) in [6.07, 6.45) is 0. The molecule has 0 saturated carbocycles. The van der Waals surface area contributed by atoms with Gasteiger partial charge in [0, 0.05) is 0 Å². The lowest BCUT2D eigenvalue weighted by Gasteiger charge is -2.05. The molecule has 0 radical (unpaired) electrons. The number of para-hydroxylation sites is 2. The van der Waals surface area contributed by atoms with Gasteiger partial charge in [0.1, 0.15) is 12.4 Å². The molecule has 0 spiro atoms. The maximum absolute atomic E-state index is 5.71. The zero-order valence-corrected chi connectivity index (χ0v) is 8.70. The van der Waals surface area contributed by atoms with E-state index in [4.69, 9.17) is 16.2 Å². The number of benzene rings is 1. The molecule has 5 nitrogen and oxygen atoms in total. The van der Waals surface area contributed by atoms with Crippen molar-refractivity contribution in [3.63, 3.8) is 0 Å². The first-order valence-corrected chi connectivity index (χ1v) is 5.12. The lowest BCUT2D eigenvalue weighted by molar-refractivity contribution is 0.306. The SMILES string of the molecule is Nc1nnc(COc2ccccc2N)s1. The van der Waals surface area contributed by atoms with Crippen LogP contribution in [0.15, 0.2) is 24.3 Å². The first-order valence-electron chi connectivity index (χ1n) is 4.31. The molecule has 0 aliphatic heterocycles. The van der Waals surface area contributed by atoms with Gasteiger partial charge in [0.15, 0.2) is 5.01 Å². The fraction of sp³-hybridized carbons (Fsp3) is 0.111. The normalized spacial score (nSPS) is 10.1. The highest BCUT2D eigenvalue weighted by Crippen LogP contribution is 2.21. The van der Waals surface area contributed by atoms with Crippen molar-refractivity contribution >= 4 is 22.2 Å². The summed E-state index contributed by atoms with van der Waals surface area (Å²) in [5.41, 5.74) is 11.8. The van der Waals surface area contributed by atoms with Gasteiger partial charge < -0.3 is 16.2 Å². The summed E-state index contributed by atoms with van der Waals surface area (Å²) >= 11 is 1.30. The number of aromatic nitrogens is 2. The van der Waals surface area contributed by atoms with E-state index in [-0.39, 0.29) is 0 Å². The fourth-order valence-electron chi connectivity index (χ4n) is 1.08. The minimum atomic E-state index is 0.336. The molecule has 1 aromatic carbocycles. The first kappa shape index (κ1) is 9.72. The molecule has 0 bridgehead atoms. The summed E-state index contributed by atoms with van der Waals surface area (Å²) in [5.74, 6) is 0.645. The van der Waals surface area contributed by atoms with Gasteiger partial charge in [-0.3, -0.25) is 0 Å². The highest BCUT2D eigenvalue weighted by atomic mass is 32.1. The van der Waals surface area contributed by atoms with Crippen LogP contribution in [0, 0.1) is 0 Å². The van der Waals surface area contributed by atoms with Gasteiger partial charge >= 0.3 is 0 Å². The molecule has 15 heavy (non-hydrogen) atoms. The highest BCUT2D eigenvalue weighted by Gasteiger charge is 2.03. The summed E-state index contributed by atoms with van der Waals surface area (Å²) < 4.78 is 5.46. The minimum Gasteiger partial charge on any atom is -0.484 e. The minimum absolute atomic E-state index is 0.336. The molecule has 0 aliphatic carbocycles. The van der Waals surface area contributed by atoms with Gasteiger partial charge in [0.05, 0.1) is 5.69 Å². The Morgan fingerprint density at radius 3 is 2.67 bits per heavy atom. The van der Waals surface area contributed by atoms with Crippen LogP contribution < -0.4 is 16.2 Å². The Kier molecular flexibility index (Phi) is 2.68. The molecular weight excluding hydrogens is 212 g/mol. The molecule has 1 aromatic heterocycles. The van der Waals surface area contributed by atoms with Crippen LogP contribution in [0.1, 0.15) is 5.01 Å². The molecule has 2 rings (SSSR count). The Morgan fingerprint density at radius 2 is 2.00 bits per heavy atom. The van der Waals surface area contributed by atoms with Crippen molar-refractivity contribution in [3.8, 4) is 5.75 Å². The van der Waals surface area contributed by atoms with Crippen molar-refractivity contribution in [1.29, 1.82) is 0 Å². The third-order valence-electron chi connectivity index (χ3n) is 1.75. The number of nitrogen functional groups attached to an aromatic ring is 2. The Labute approximate surface area is 90.7 Å². The van der Waals surface area contributed by atoms with E-state index in [2.05, 4.69) is 10.2 Å². The molecule has 0 amide bonds. The van der Waals surface area contributed by atoms with Crippen LogP contribution in [0.5, 0.6) is 5.75 Å². The molecule has 0 fully saturated rings. The quantitative estimate of drug-likeness (QED) is 0.764. The number of rotatable bonds is 3. The topological polar surface area (TPSA) is 87.0 Å². The summed E-state index contributed by atoms with van der Waals surface area (Å²) in [7, 11) is 0. The zero-order chi connectivity index (χ0) is 10.7. The maximum atomic E-state index is 5.71. The molecule has 1 heterocycles. The van der Waals surface area contributed by atoms with Crippen molar-refractivity contribution < 1.29 is 4.74 Å². The van der Waals surface area contributed by atoms with Crippen LogP contribution in [0.3, 0.4) is 0 Å². The maximum Gasteiger partial charge on any atom is 0.203 e. The first-order chi connectivity index (χ1) is 7.25. The molecule has 2 aromatic rings. The smallest absolute Gasteiger partial charge is 0.203 e. The van der Waals surface area contributed by atoms with Gasteiger partial charge in [-0.05, 0) is 12.1 Å². The fourth-order valence-corrected chi connectivity index (χ4v) is 1.60. The largest absolute Gasteiger partial charge is 0.484 e. The Hall–Kier alpha value is -1.82. The van der Waals surface area contributed by atoms with E-state index in [1.54, 1.807) is 12.1 Å². The van der Waals surface area contributed by atoms with Crippen LogP contribution in [0.25, 0.3) is 0 Å². The van der Waals surface area contributed by atoms with Crippen molar-refractivity contribution in [2.45, 2.75) is 6.61 Å². The number of hydrogen-bond acceptors (Lipinski definition) is 6. The number of anilines is 2. The molecule has 0 saturated heterocycles. The molecule has 6 heteroatoms. The molecule has 0 atom stereocenters. The second-order valence-electron chi connectivity index (χ2n) is 2.86. The zero-order valence-electron chi connectivity index (χ0n) is 7.88. The standard InChI is InChI=1S/C9H10N4OS/c10-6-3-1-2-4-7(6)14-5-8-12-13-9(11)15-8/h1-4H,5,10H2,(H2,11,13). The van der Waals surface area contributed by atoms with Crippen LogP contribution in [-0.4, -0.2) is 10.2 Å². The van der Waals surface area contributed by atoms with Crippen molar-refractivity contribution in [2.24, 2.45) is 0 Å². The van der Waals surface area contributed by atoms with E-state index < -0.39 is 0 Å². The van der Waals surface area contributed by atoms with Crippen LogP contribution in [-0.2, 0) is 6.61 Å². The van der Waals surface area contributed by atoms with Gasteiger partial charge in [-0.2, -0.15) is 0 Å². The number of hydrogen-bond donors (Lipinski definition) is 2. The van der Waals surface area contributed by atoms with Crippen molar-refractivity contribution in [2.75, 3.05) is 11.5 Å². The molecule has 0 aliphatic rings. The monoisotopic (exact) mass is 222 g/mol. The second kappa shape index (κ2) is 4.14. The van der Waals surface area contributed by atoms with E-state index in [0.29, 0.717) is 23.2 Å². The van der Waals surface area contributed by atoms with E-state index in [1.807, 2.05) is 12.1 Å². The van der Waals surface area contributed by atoms with E-state index in [9.17, 15) is 0 Å². The van der Waals surface area contributed by atoms with E-state index in [1.165, 1.54) is 11.3 Å². The summed E-state index contributed by atoms with van der Waals surface area (Å²) in [6.45, 7) is 0.336. The predicted molar refractivity (Wildman–Crippen MR) is 59.5 cm³/mol. The summed E-state index contributed by atoms with van der Waals surface area (Å²) in [6, 6.07) is 7.30. The van der Waals surface area contributed by atoms with Crippen molar-refractivity contribution in [3.05, 3.63) is 29.3 Å². The highest BCUT2D eigenvalue weighted by molar-refractivity contribution is 7.15. The Bertz CT molecular complexity index is 457. The summed E-state index contributed by atoms with van der Waals surface area (Å²) in [5, 5.41) is 8.70. The third-order valence-corrected chi connectivity index (χ3v) is 2.48. The van der Waals surface area contributed by atoms with Crippen molar-refractivity contribution in [1.82, 2.24) is 10.2 Å². The Morgan fingerprint density at radius 1 is 1.20 bits per heavy atom. The summed E-state index contributed by atoms with van der Waals surface area (Å²) in [4.78, 5) is 0. The van der Waals surface area contributed by atoms with Crippen LogP contribution >= 0.6 is 11.3 Å². The van der Waals surface area contributed by atoms with Gasteiger partial charge in [0.2, 0.25) is 5.13 Å². The number of ether oxygens (including phenoxy) is 1. The van der Waals surface area contributed by atoms with Gasteiger partial charge in [-0.25, -0.2) is 0 Å². The van der Waals surface area contributed by atoms with E-state index in [0.717, 1.165) is 5.01 Å². The second-order valence-corrected chi connectivity index (χ2v) is 3.95. The van der Waals surface area contributed by atoms with Gasteiger partial charge in [0.25, 0.3) is 0 Å². The average Bonchev–Trinajstić information content (AvgIpc) is 2.63. The van der Waals surface area contributed by atoms with Crippen LogP contribution in [0.4, 0.5) is 10.8 Å².